The summed E-state index contributed by atoms with van der Waals surface area (Å²) in [5.74, 6) is 0.458. The maximum atomic E-state index is 13.4. The molecule has 28 heavy (non-hydrogen) atoms. The molecule has 0 saturated carbocycles. The topological polar surface area (TPSA) is 69.4 Å². The van der Waals surface area contributed by atoms with Crippen LogP contribution >= 0.6 is 0 Å². The molecule has 0 amide bonds. The monoisotopic (exact) mass is 365 g/mol. The van der Waals surface area contributed by atoms with Gasteiger partial charge in [-0.15, -0.1) is 0 Å². The smallest absolute Gasteiger partial charge is 0.200 e. The maximum Gasteiger partial charge on any atom is 0.200 e. The number of ketones is 2. The highest BCUT2D eigenvalue weighted by Gasteiger charge is 2.35. The number of rotatable bonds is 2. The highest BCUT2D eigenvalue weighted by Crippen LogP contribution is 2.41. The van der Waals surface area contributed by atoms with Crippen LogP contribution in [0, 0.1) is 0 Å². The predicted octanol–water partition coefficient (Wildman–Crippen LogP) is 4.99. The molecule has 0 radical (unpaired) electrons. The quantitative estimate of drug-likeness (QED) is 0.448. The fourth-order valence-corrected chi connectivity index (χ4v) is 3.71. The minimum Gasteiger partial charge on any atom is -0.456 e. The van der Waals surface area contributed by atoms with Crippen LogP contribution in [0.2, 0.25) is 0 Å². The first-order chi connectivity index (χ1) is 13.6. The van der Waals surface area contributed by atoms with E-state index in [0.29, 0.717) is 28.3 Å². The molecule has 0 spiro atoms. The van der Waals surface area contributed by atoms with Crippen LogP contribution in [0.15, 0.2) is 78.9 Å². The summed E-state index contributed by atoms with van der Waals surface area (Å²) in [7, 11) is 0. The molecule has 1 aliphatic carbocycles. The highest BCUT2D eigenvalue weighted by atomic mass is 16.5. The van der Waals surface area contributed by atoms with E-state index in [1.807, 2.05) is 54.6 Å². The van der Waals surface area contributed by atoms with Crippen molar-refractivity contribution < 1.29 is 14.3 Å². The summed E-state index contributed by atoms with van der Waals surface area (Å²) in [5, 5.41) is 1.60. The minimum atomic E-state index is -0.292. The van der Waals surface area contributed by atoms with Crippen LogP contribution in [0.3, 0.4) is 0 Å². The van der Waals surface area contributed by atoms with E-state index >= 15 is 0 Å². The molecular formula is C24H15NO3. The lowest BCUT2D eigenvalue weighted by Gasteiger charge is -2.23. The van der Waals surface area contributed by atoms with Crippen molar-refractivity contribution in [3.8, 4) is 11.5 Å². The summed E-state index contributed by atoms with van der Waals surface area (Å²) >= 11 is 0. The zero-order chi connectivity index (χ0) is 19.3. The molecular weight excluding hydrogens is 350 g/mol. The van der Waals surface area contributed by atoms with E-state index in [2.05, 4.69) is 0 Å². The predicted molar refractivity (Wildman–Crippen MR) is 108 cm³/mol. The number of para-hydroxylation sites is 1. The van der Waals surface area contributed by atoms with Crippen LogP contribution in [0.1, 0.15) is 31.8 Å². The maximum absolute atomic E-state index is 13.4. The first-order valence-electron chi connectivity index (χ1n) is 8.91. The Morgan fingerprint density at radius 2 is 1.43 bits per heavy atom. The third-order valence-electron chi connectivity index (χ3n) is 5.00. The minimum absolute atomic E-state index is 0.222. The standard InChI is InChI=1S/C24H15NO3/c25-19-12-6-11-17-20(19)23(27)21-18(22(17)26)13-14-7-4-5-10-16(14)24(21)28-15-8-2-1-3-9-15/h1-13H,25H2. The van der Waals surface area contributed by atoms with Gasteiger partial charge in [0.1, 0.15) is 11.5 Å². The van der Waals surface area contributed by atoms with E-state index in [1.165, 1.54) is 0 Å². The largest absolute Gasteiger partial charge is 0.456 e. The molecule has 0 bridgehead atoms. The van der Waals surface area contributed by atoms with Gasteiger partial charge in [-0.1, -0.05) is 54.6 Å². The zero-order valence-electron chi connectivity index (χ0n) is 14.8. The second kappa shape index (κ2) is 6.06. The SMILES string of the molecule is Nc1cccc2c1C(=O)c1c(cc3ccccc3c1Oc1ccccc1)C2=O. The summed E-state index contributed by atoms with van der Waals surface area (Å²) in [6.07, 6.45) is 0. The molecule has 0 aliphatic heterocycles. The van der Waals surface area contributed by atoms with Gasteiger partial charge in [0, 0.05) is 22.2 Å². The lowest BCUT2D eigenvalue weighted by atomic mass is 9.81. The Morgan fingerprint density at radius 3 is 2.25 bits per heavy atom. The van der Waals surface area contributed by atoms with Crippen molar-refractivity contribution in [1.29, 1.82) is 0 Å². The Balaban J connectivity index is 1.84. The van der Waals surface area contributed by atoms with Crippen LogP contribution in [-0.2, 0) is 0 Å². The summed E-state index contributed by atoms with van der Waals surface area (Å²) in [6, 6.07) is 23.5. The highest BCUT2D eigenvalue weighted by molar-refractivity contribution is 6.32. The van der Waals surface area contributed by atoms with Crippen LogP contribution in [0.5, 0.6) is 11.5 Å². The normalized spacial score (nSPS) is 12.6. The molecule has 4 heteroatoms. The summed E-state index contributed by atoms with van der Waals surface area (Å²) in [5.41, 5.74) is 7.52. The molecule has 134 valence electrons. The zero-order valence-corrected chi connectivity index (χ0v) is 14.8. The Hall–Kier alpha value is -3.92. The van der Waals surface area contributed by atoms with Gasteiger partial charge in [0.15, 0.2) is 11.6 Å². The van der Waals surface area contributed by atoms with Crippen molar-refractivity contribution in [1.82, 2.24) is 0 Å². The van der Waals surface area contributed by atoms with Crippen molar-refractivity contribution in [3.05, 3.63) is 101 Å². The number of fused-ring (bicyclic) bond motifs is 3. The van der Waals surface area contributed by atoms with Gasteiger partial charge >= 0.3 is 0 Å². The number of carbonyl (C=O) groups is 2. The molecule has 0 heterocycles. The lowest BCUT2D eigenvalue weighted by molar-refractivity contribution is 0.0978. The molecule has 0 fully saturated rings. The molecule has 2 N–H and O–H groups in total. The van der Waals surface area contributed by atoms with Gasteiger partial charge in [0.05, 0.1) is 11.1 Å². The third kappa shape index (κ3) is 2.32. The van der Waals surface area contributed by atoms with Crippen molar-refractivity contribution in [2.75, 3.05) is 5.73 Å². The molecule has 0 unspecified atom stereocenters. The fraction of sp³-hybridized carbons (Fsp3) is 0. The van der Waals surface area contributed by atoms with Crippen molar-refractivity contribution in [3.63, 3.8) is 0 Å². The molecule has 4 aromatic carbocycles. The summed E-state index contributed by atoms with van der Waals surface area (Å²) < 4.78 is 6.15. The average molecular weight is 365 g/mol. The van der Waals surface area contributed by atoms with Gasteiger partial charge in [0.2, 0.25) is 0 Å². The lowest BCUT2D eigenvalue weighted by Crippen LogP contribution is -2.23. The van der Waals surface area contributed by atoms with E-state index in [4.69, 9.17) is 10.5 Å². The van der Waals surface area contributed by atoms with Crippen molar-refractivity contribution in [2.24, 2.45) is 0 Å². The number of hydrogen-bond acceptors (Lipinski definition) is 4. The number of ether oxygens (including phenoxy) is 1. The first kappa shape index (κ1) is 16.3. The number of carbonyl (C=O) groups excluding carboxylic acids is 2. The number of anilines is 1. The fourth-order valence-electron chi connectivity index (χ4n) is 3.71. The molecule has 1 aliphatic rings. The second-order valence-corrected chi connectivity index (χ2v) is 6.69. The van der Waals surface area contributed by atoms with Gasteiger partial charge in [0.25, 0.3) is 0 Å². The summed E-state index contributed by atoms with van der Waals surface area (Å²) in [6.45, 7) is 0. The summed E-state index contributed by atoms with van der Waals surface area (Å²) in [4.78, 5) is 26.6. The molecule has 5 rings (SSSR count). The van der Waals surface area contributed by atoms with Crippen LogP contribution in [0.25, 0.3) is 10.8 Å². The van der Waals surface area contributed by atoms with E-state index < -0.39 is 0 Å². The Kier molecular flexibility index (Phi) is 3.52. The van der Waals surface area contributed by atoms with Crippen LogP contribution < -0.4 is 10.5 Å². The first-order valence-corrected chi connectivity index (χ1v) is 8.91. The van der Waals surface area contributed by atoms with E-state index in [0.717, 1.165) is 10.8 Å². The van der Waals surface area contributed by atoms with Crippen LogP contribution in [-0.4, -0.2) is 11.6 Å². The van der Waals surface area contributed by atoms with E-state index in [9.17, 15) is 9.59 Å². The van der Waals surface area contributed by atoms with Gasteiger partial charge in [-0.05, 0) is 29.7 Å². The van der Waals surface area contributed by atoms with Gasteiger partial charge in [-0.25, -0.2) is 0 Å². The Bertz CT molecular complexity index is 1280. The Labute approximate surface area is 161 Å². The molecule has 4 nitrogen and oxygen atoms in total. The molecule has 4 aromatic rings. The van der Waals surface area contributed by atoms with Gasteiger partial charge in [-0.2, -0.15) is 0 Å². The number of benzene rings is 4. The van der Waals surface area contributed by atoms with E-state index in [1.54, 1.807) is 24.3 Å². The number of nitrogens with two attached hydrogens (primary N) is 1. The van der Waals surface area contributed by atoms with Gasteiger partial charge < -0.3 is 10.5 Å². The van der Waals surface area contributed by atoms with E-state index in [-0.39, 0.29) is 22.7 Å². The number of hydrogen-bond donors (Lipinski definition) is 1. The molecule has 0 saturated heterocycles. The van der Waals surface area contributed by atoms with Crippen molar-refractivity contribution >= 4 is 28.0 Å². The average Bonchev–Trinajstić information content (AvgIpc) is 2.72. The van der Waals surface area contributed by atoms with Crippen LogP contribution in [0.4, 0.5) is 5.69 Å². The molecule has 0 aromatic heterocycles. The third-order valence-corrected chi connectivity index (χ3v) is 5.00. The van der Waals surface area contributed by atoms with Crippen molar-refractivity contribution in [2.45, 2.75) is 0 Å². The second-order valence-electron chi connectivity index (χ2n) is 6.69. The van der Waals surface area contributed by atoms with Gasteiger partial charge in [-0.3, -0.25) is 9.59 Å². The Morgan fingerprint density at radius 1 is 0.679 bits per heavy atom. The number of nitrogen functional groups attached to an aromatic ring is 1. The molecule has 0 atom stereocenters.